The average molecular weight is 474 g/mol. The number of nitrogens with one attached hydrogen (secondary N) is 2. The Bertz CT molecular complexity index is 1360. The highest BCUT2D eigenvalue weighted by molar-refractivity contribution is 6.36. The zero-order valence-electron chi connectivity index (χ0n) is 18.6. The number of H-pyrrole nitrogens is 1. The van der Waals surface area contributed by atoms with E-state index >= 15 is 0 Å². The highest BCUT2D eigenvalue weighted by Gasteiger charge is 2.16. The maximum atomic E-state index is 11.9. The van der Waals surface area contributed by atoms with Crippen LogP contribution in [0, 0.1) is 0 Å². The molecule has 1 aliphatic heterocycles. The Morgan fingerprint density at radius 3 is 2.82 bits per heavy atom. The van der Waals surface area contributed by atoms with E-state index in [1.54, 1.807) is 6.20 Å². The van der Waals surface area contributed by atoms with Gasteiger partial charge in [0.25, 0.3) is 0 Å². The van der Waals surface area contributed by atoms with Gasteiger partial charge in [0.05, 0.1) is 29.3 Å². The Morgan fingerprint density at radius 2 is 2.00 bits per heavy atom. The molecule has 0 unspecified atom stereocenters. The third kappa shape index (κ3) is 4.66. The summed E-state index contributed by atoms with van der Waals surface area (Å²) < 4.78 is 5.47. The van der Waals surface area contributed by atoms with Crippen molar-refractivity contribution < 1.29 is 9.53 Å². The van der Waals surface area contributed by atoms with E-state index in [0.717, 1.165) is 54.2 Å². The van der Waals surface area contributed by atoms with Gasteiger partial charge in [0, 0.05) is 42.6 Å². The molecule has 2 N–H and O–H groups in total. The summed E-state index contributed by atoms with van der Waals surface area (Å²) in [7, 11) is 0. The second-order valence-corrected chi connectivity index (χ2v) is 8.49. The molecule has 0 radical (unpaired) electrons. The smallest absolute Gasteiger partial charge is 0.229 e. The molecule has 4 aromatic rings. The van der Waals surface area contributed by atoms with Gasteiger partial charge in [-0.2, -0.15) is 4.98 Å². The van der Waals surface area contributed by atoms with Crippen LogP contribution in [0.4, 0.5) is 17.3 Å². The summed E-state index contributed by atoms with van der Waals surface area (Å²) in [6, 6.07) is 15.9. The second kappa shape index (κ2) is 9.67. The fourth-order valence-electron chi connectivity index (χ4n) is 4.09. The van der Waals surface area contributed by atoms with Crippen molar-refractivity contribution in [3.8, 4) is 11.3 Å². The number of allylic oxidation sites excluding steroid dienone is 1. The van der Waals surface area contributed by atoms with Gasteiger partial charge in [0.2, 0.25) is 5.95 Å². The third-order valence-electron chi connectivity index (χ3n) is 5.77. The molecule has 7 nitrogen and oxygen atoms in total. The molecule has 172 valence electrons. The Kier molecular flexibility index (Phi) is 6.29. The van der Waals surface area contributed by atoms with E-state index in [1.165, 1.54) is 6.08 Å². The molecule has 34 heavy (non-hydrogen) atoms. The van der Waals surface area contributed by atoms with Crippen molar-refractivity contribution in [3.05, 3.63) is 78.0 Å². The van der Waals surface area contributed by atoms with Gasteiger partial charge in [-0.05, 0) is 35.9 Å². The van der Waals surface area contributed by atoms with Crippen molar-refractivity contribution in [2.24, 2.45) is 0 Å². The van der Waals surface area contributed by atoms with Crippen molar-refractivity contribution in [3.63, 3.8) is 0 Å². The Hall–Kier alpha value is -3.68. The summed E-state index contributed by atoms with van der Waals surface area (Å²) in [6.45, 7) is 6.74. The summed E-state index contributed by atoms with van der Waals surface area (Å²) in [5.74, 6) is 0.417. The van der Waals surface area contributed by atoms with Crippen molar-refractivity contribution in [1.82, 2.24) is 15.0 Å². The number of hydrogen-bond acceptors (Lipinski definition) is 6. The van der Waals surface area contributed by atoms with Crippen LogP contribution in [0.1, 0.15) is 5.56 Å². The zero-order valence-corrected chi connectivity index (χ0v) is 19.3. The number of anilines is 3. The van der Waals surface area contributed by atoms with Crippen LogP contribution in [0.25, 0.3) is 22.3 Å². The molecule has 1 saturated heterocycles. The van der Waals surface area contributed by atoms with Crippen molar-refractivity contribution in [2.75, 3.05) is 36.5 Å². The molecule has 0 amide bonds. The number of halogens is 1. The molecule has 3 heterocycles. The first-order valence-electron chi connectivity index (χ1n) is 11.1. The first-order chi connectivity index (χ1) is 16.6. The topological polar surface area (TPSA) is 83.1 Å². The standard InChI is InChI=1S/C26H24ClN5O2/c1-2-21(33)14-17-5-3-6-18(13-17)24-23-22(27)16-28-25(23)31-26(30-24)29-19-7-4-8-20(15-19)32-9-11-34-12-10-32/h2-8,13,15-16H,1,9-12,14H2,(H2,28,29,30,31). The van der Waals surface area contributed by atoms with Crippen LogP contribution in [0.3, 0.4) is 0 Å². The molecule has 5 rings (SSSR count). The van der Waals surface area contributed by atoms with Crippen LogP contribution in [-0.4, -0.2) is 47.0 Å². The largest absolute Gasteiger partial charge is 0.378 e. The fourth-order valence-corrected chi connectivity index (χ4v) is 4.33. The molecule has 0 aliphatic carbocycles. The molecule has 2 aromatic heterocycles. The molecular formula is C26H24ClN5O2. The average Bonchev–Trinajstić information content (AvgIpc) is 3.25. The normalized spacial score (nSPS) is 13.7. The van der Waals surface area contributed by atoms with Crippen LogP contribution in [0.2, 0.25) is 5.02 Å². The first kappa shape index (κ1) is 22.1. The lowest BCUT2D eigenvalue weighted by molar-refractivity contribution is -0.114. The van der Waals surface area contributed by atoms with E-state index in [-0.39, 0.29) is 12.2 Å². The van der Waals surface area contributed by atoms with Crippen LogP contribution >= 0.6 is 11.6 Å². The number of morpholine rings is 1. The van der Waals surface area contributed by atoms with Crippen LogP contribution < -0.4 is 10.2 Å². The Labute approximate surface area is 202 Å². The second-order valence-electron chi connectivity index (χ2n) is 8.08. The number of fused-ring (bicyclic) bond motifs is 1. The fraction of sp³-hybridized carbons (Fsp3) is 0.192. The Morgan fingerprint density at radius 1 is 1.18 bits per heavy atom. The number of carbonyl (C=O) groups is 1. The van der Waals surface area contributed by atoms with Gasteiger partial charge in [-0.25, -0.2) is 4.98 Å². The Balaban J connectivity index is 1.50. The van der Waals surface area contributed by atoms with Gasteiger partial charge in [0.15, 0.2) is 5.78 Å². The molecule has 2 aromatic carbocycles. The van der Waals surface area contributed by atoms with Gasteiger partial charge < -0.3 is 19.9 Å². The maximum absolute atomic E-state index is 11.9. The van der Waals surface area contributed by atoms with Gasteiger partial charge in [-0.15, -0.1) is 0 Å². The predicted octanol–water partition coefficient (Wildman–Crippen LogP) is 5.16. The summed E-state index contributed by atoms with van der Waals surface area (Å²) in [5.41, 5.74) is 5.07. The van der Waals surface area contributed by atoms with E-state index in [1.807, 2.05) is 36.4 Å². The van der Waals surface area contributed by atoms with Crippen molar-refractivity contribution in [1.29, 1.82) is 0 Å². The summed E-state index contributed by atoms with van der Waals surface area (Å²) in [4.78, 5) is 26.7. The summed E-state index contributed by atoms with van der Waals surface area (Å²) >= 11 is 6.48. The molecular weight excluding hydrogens is 450 g/mol. The number of benzene rings is 2. The first-order valence-corrected chi connectivity index (χ1v) is 11.5. The lowest BCUT2D eigenvalue weighted by atomic mass is 10.0. The maximum Gasteiger partial charge on any atom is 0.229 e. The summed E-state index contributed by atoms with van der Waals surface area (Å²) in [6.07, 6.45) is 3.33. The van der Waals surface area contributed by atoms with E-state index in [2.05, 4.69) is 38.9 Å². The number of aromatic nitrogens is 3. The number of hydrogen-bond donors (Lipinski definition) is 2. The zero-order chi connectivity index (χ0) is 23.5. The SMILES string of the molecule is C=CC(=O)Cc1cccc(-c2nc(Nc3cccc(N4CCOCC4)c3)nc3[nH]cc(Cl)c23)c1. The minimum atomic E-state index is -0.0350. The number of aromatic amines is 1. The van der Waals surface area contributed by atoms with Crippen LogP contribution in [0.5, 0.6) is 0 Å². The number of ketones is 1. The van der Waals surface area contributed by atoms with E-state index < -0.39 is 0 Å². The minimum Gasteiger partial charge on any atom is -0.378 e. The predicted molar refractivity (Wildman–Crippen MR) is 136 cm³/mol. The molecule has 0 saturated carbocycles. The lowest BCUT2D eigenvalue weighted by Crippen LogP contribution is -2.36. The van der Waals surface area contributed by atoms with E-state index in [4.69, 9.17) is 21.3 Å². The molecule has 0 spiro atoms. The van der Waals surface area contributed by atoms with Crippen molar-refractivity contribution >= 4 is 45.7 Å². The lowest BCUT2D eigenvalue weighted by Gasteiger charge is -2.29. The minimum absolute atomic E-state index is 0.0350. The molecule has 0 bridgehead atoms. The highest BCUT2D eigenvalue weighted by atomic mass is 35.5. The quantitative estimate of drug-likeness (QED) is 0.361. The number of ether oxygens (including phenoxy) is 1. The number of rotatable bonds is 7. The van der Waals surface area contributed by atoms with Crippen LogP contribution in [0.15, 0.2) is 67.4 Å². The van der Waals surface area contributed by atoms with Gasteiger partial charge >= 0.3 is 0 Å². The van der Waals surface area contributed by atoms with E-state index in [0.29, 0.717) is 22.3 Å². The van der Waals surface area contributed by atoms with Gasteiger partial charge in [-0.1, -0.05) is 42.4 Å². The van der Waals surface area contributed by atoms with E-state index in [9.17, 15) is 4.79 Å². The van der Waals surface area contributed by atoms with Gasteiger partial charge in [0.1, 0.15) is 5.65 Å². The number of carbonyl (C=O) groups excluding carboxylic acids is 1. The molecule has 1 aliphatic rings. The number of nitrogens with zero attached hydrogens (tertiary/aromatic N) is 3. The monoisotopic (exact) mass is 473 g/mol. The van der Waals surface area contributed by atoms with Crippen molar-refractivity contribution in [2.45, 2.75) is 6.42 Å². The third-order valence-corrected chi connectivity index (χ3v) is 6.07. The highest BCUT2D eigenvalue weighted by Crippen LogP contribution is 2.33. The van der Waals surface area contributed by atoms with Crippen LogP contribution in [-0.2, 0) is 16.0 Å². The molecule has 1 fully saturated rings. The van der Waals surface area contributed by atoms with Gasteiger partial charge in [-0.3, -0.25) is 4.79 Å². The summed E-state index contributed by atoms with van der Waals surface area (Å²) in [5, 5.41) is 4.62. The molecule has 8 heteroatoms. The molecule has 0 atom stereocenters.